The van der Waals surface area contributed by atoms with Crippen LogP contribution in [0.15, 0.2) is 22.6 Å². The number of benzene rings is 1. The minimum atomic E-state index is -1.33. The van der Waals surface area contributed by atoms with Gasteiger partial charge in [0, 0.05) is 24.1 Å². The summed E-state index contributed by atoms with van der Waals surface area (Å²) in [5.41, 5.74) is 4.33. The third-order valence-corrected chi connectivity index (χ3v) is 6.77. The van der Waals surface area contributed by atoms with Gasteiger partial charge in [-0.1, -0.05) is 22.6 Å². The number of fused-ring (bicyclic) bond motifs is 1. The fraction of sp³-hybridized carbons (Fsp3) is 0.579. The van der Waals surface area contributed by atoms with Crippen molar-refractivity contribution in [2.45, 2.75) is 51.7 Å². The molecule has 6 heteroatoms. The molecule has 25 heavy (non-hydrogen) atoms. The number of rotatable bonds is 1. The molecule has 0 saturated carbocycles. The molecule has 1 spiro atoms. The second-order valence-electron chi connectivity index (χ2n) is 8.13. The van der Waals surface area contributed by atoms with Gasteiger partial charge in [0.2, 0.25) is 0 Å². The number of likely N-dealkylation sites (tertiary alicyclic amines) is 1. The van der Waals surface area contributed by atoms with Gasteiger partial charge in [-0.15, -0.1) is 0 Å². The predicted molar refractivity (Wildman–Crippen MR) is 101 cm³/mol. The summed E-state index contributed by atoms with van der Waals surface area (Å²) in [6, 6.07) is 6.19. The Balaban J connectivity index is 2.02. The zero-order valence-corrected chi connectivity index (χ0v) is 16.2. The summed E-state index contributed by atoms with van der Waals surface area (Å²) in [6.07, 6.45) is 1.46. The average Bonchev–Trinajstić information content (AvgIpc) is 2.82. The fourth-order valence-corrected chi connectivity index (χ4v) is 4.50. The van der Waals surface area contributed by atoms with Crippen molar-refractivity contribution in [2.24, 2.45) is 9.81 Å². The molecule has 0 bridgehead atoms. The Morgan fingerprint density at radius 3 is 2.52 bits per heavy atom. The van der Waals surface area contributed by atoms with Gasteiger partial charge in [0.15, 0.2) is 0 Å². The molecule has 1 atom stereocenters. The Kier molecular flexibility index (Phi) is 4.62. The van der Waals surface area contributed by atoms with E-state index in [4.69, 9.17) is 4.40 Å². The standard InChI is InChI=1S/C19H26N2O3S/c1-13-6-5-7-14-15(13)12-19(8-10-21(11-9-19)17(22)23)16(14)20-25(24)18(2,3)4/h5-7H,8-12H2,1-4H3,(H,22,23). The van der Waals surface area contributed by atoms with Crippen molar-refractivity contribution >= 4 is 23.2 Å². The first-order valence-corrected chi connectivity index (χ1v) is 9.83. The third kappa shape index (κ3) is 3.29. The Labute approximate surface area is 152 Å². The van der Waals surface area contributed by atoms with Crippen molar-refractivity contribution in [2.75, 3.05) is 13.1 Å². The normalized spacial score (nSPS) is 22.3. The molecule has 1 aliphatic heterocycles. The number of aryl methyl sites for hydroxylation is 1. The maximum absolute atomic E-state index is 12.7. The molecule has 1 unspecified atom stereocenters. The minimum absolute atomic E-state index is 0.193. The smallest absolute Gasteiger partial charge is 0.407 e. The molecule has 1 aromatic carbocycles. The van der Waals surface area contributed by atoms with Crippen LogP contribution in [-0.2, 0) is 17.8 Å². The molecule has 1 aromatic rings. The summed E-state index contributed by atoms with van der Waals surface area (Å²) in [6.45, 7) is 8.90. The summed E-state index contributed by atoms with van der Waals surface area (Å²) < 4.78 is 17.0. The zero-order chi connectivity index (χ0) is 18.4. The summed E-state index contributed by atoms with van der Waals surface area (Å²) in [4.78, 5) is 12.7. The van der Waals surface area contributed by atoms with E-state index in [9.17, 15) is 14.5 Å². The van der Waals surface area contributed by atoms with Crippen LogP contribution in [0.2, 0.25) is 0 Å². The minimum Gasteiger partial charge on any atom is -0.591 e. The lowest BCUT2D eigenvalue weighted by atomic mass is 9.74. The molecule has 1 fully saturated rings. The van der Waals surface area contributed by atoms with Crippen LogP contribution in [0, 0.1) is 12.3 Å². The lowest BCUT2D eigenvalue weighted by Gasteiger charge is -2.38. The Morgan fingerprint density at radius 2 is 1.96 bits per heavy atom. The number of hydrogen-bond acceptors (Lipinski definition) is 3. The first-order chi connectivity index (χ1) is 11.6. The van der Waals surface area contributed by atoms with E-state index in [-0.39, 0.29) is 5.41 Å². The van der Waals surface area contributed by atoms with Crippen molar-refractivity contribution in [1.29, 1.82) is 0 Å². The van der Waals surface area contributed by atoms with E-state index in [1.807, 2.05) is 26.8 Å². The first kappa shape index (κ1) is 18.3. The van der Waals surface area contributed by atoms with Crippen molar-refractivity contribution in [3.05, 3.63) is 34.9 Å². The molecule has 3 rings (SSSR count). The Bertz CT molecular complexity index is 716. The van der Waals surface area contributed by atoms with Gasteiger partial charge in [0.1, 0.15) is 21.8 Å². The van der Waals surface area contributed by atoms with E-state index in [0.29, 0.717) is 13.1 Å². The summed E-state index contributed by atoms with van der Waals surface area (Å²) in [5, 5.41) is 9.25. The molecule has 0 radical (unpaired) electrons. The molecule has 1 saturated heterocycles. The van der Waals surface area contributed by atoms with E-state index < -0.39 is 22.2 Å². The fourth-order valence-electron chi connectivity index (χ4n) is 3.77. The maximum atomic E-state index is 12.7. The van der Waals surface area contributed by atoms with Crippen LogP contribution in [0.3, 0.4) is 0 Å². The van der Waals surface area contributed by atoms with Crippen molar-refractivity contribution in [1.82, 2.24) is 4.90 Å². The van der Waals surface area contributed by atoms with E-state index >= 15 is 0 Å². The van der Waals surface area contributed by atoms with Gasteiger partial charge in [-0.3, -0.25) is 0 Å². The zero-order valence-electron chi connectivity index (χ0n) is 15.3. The average molecular weight is 362 g/mol. The van der Waals surface area contributed by atoms with Crippen molar-refractivity contribution in [3.8, 4) is 0 Å². The van der Waals surface area contributed by atoms with Crippen LogP contribution in [0.25, 0.3) is 0 Å². The molecule has 1 aliphatic carbocycles. The predicted octanol–water partition coefficient (Wildman–Crippen LogP) is 3.56. The maximum Gasteiger partial charge on any atom is 0.407 e. The van der Waals surface area contributed by atoms with Crippen LogP contribution < -0.4 is 0 Å². The summed E-state index contributed by atoms with van der Waals surface area (Å²) >= 11 is -1.33. The topological polar surface area (TPSA) is 76.0 Å². The van der Waals surface area contributed by atoms with Gasteiger partial charge in [0.25, 0.3) is 0 Å². The van der Waals surface area contributed by atoms with Gasteiger partial charge >= 0.3 is 6.09 Å². The highest BCUT2D eigenvalue weighted by Crippen LogP contribution is 2.46. The van der Waals surface area contributed by atoms with Crippen molar-refractivity contribution < 1.29 is 14.5 Å². The molecular formula is C19H26N2O3S. The van der Waals surface area contributed by atoms with Gasteiger partial charge in [0.05, 0.1) is 0 Å². The molecule has 5 nitrogen and oxygen atoms in total. The highest BCUT2D eigenvalue weighted by Gasteiger charge is 2.48. The number of amides is 1. The summed E-state index contributed by atoms with van der Waals surface area (Å²) in [5.74, 6) is 0. The largest absolute Gasteiger partial charge is 0.591 e. The number of hydrogen-bond donors (Lipinski definition) is 1. The van der Waals surface area contributed by atoms with Gasteiger partial charge < -0.3 is 14.6 Å². The molecule has 1 heterocycles. The molecule has 136 valence electrons. The number of carboxylic acid groups (broad SMARTS) is 1. The Morgan fingerprint density at radius 1 is 1.32 bits per heavy atom. The third-order valence-electron chi connectivity index (χ3n) is 5.37. The lowest BCUT2D eigenvalue weighted by Crippen LogP contribution is -2.45. The highest BCUT2D eigenvalue weighted by molar-refractivity contribution is 7.91. The van der Waals surface area contributed by atoms with Gasteiger partial charge in [-0.2, -0.15) is 0 Å². The molecule has 1 N–H and O–H groups in total. The molecular weight excluding hydrogens is 336 g/mol. The quantitative estimate of drug-likeness (QED) is 0.776. The first-order valence-electron chi connectivity index (χ1n) is 8.72. The van der Waals surface area contributed by atoms with Crippen LogP contribution in [0.4, 0.5) is 4.79 Å². The van der Waals surface area contributed by atoms with Crippen molar-refractivity contribution in [3.63, 3.8) is 0 Å². The SMILES string of the molecule is Cc1cccc2c1CC1(CCN(C(=O)O)CC1)C2=N[S+]([O-])C(C)(C)C. The van der Waals surface area contributed by atoms with Gasteiger partial charge in [-0.25, -0.2) is 4.79 Å². The second-order valence-corrected chi connectivity index (χ2v) is 10.0. The van der Waals surface area contributed by atoms with Crippen LogP contribution in [0.5, 0.6) is 0 Å². The number of carbonyl (C=O) groups is 1. The van der Waals surface area contributed by atoms with Gasteiger partial charge in [-0.05, 0) is 58.1 Å². The molecule has 1 amide bonds. The summed E-state index contributed by atoms with van der Waals surface area (Å²) in [7, 11) is 0. The highest BCUT2D eigenvalue weighted by atomic mass is 32.2. The number of piperidine rings is 1. The van der Waals surface area contributed by atoms with E-state index in [1.165, 1.54) is 16.0 Å². The van der Waals surface area contributed by atoms with Crippen LogP contribution in [-0.4, -0.2) is 44.2 Å². The van der Waals surface area contributed by atoms with Crippen LogP contribution >= 0.6 is 0 Å². The monoisotopic (exact) mass is 362 g/mol. The van der Waals surface area contributed by atoms with E-state index in [0.717, 1.165) is 30.5 Å². The van der Waals surface area contributed by atoms with Crippen LogP contribution in [0.1, 0.15) is 50.3 Å². The second kappa shape index (κ2) is 6.32. The molecule has 2 aliphatic rings. The Hall–Kier alpha value is -1.53. The lowest BCUT2D eigenvalue weighted by molar-refractivity contribution is 0.115. The van der Waals surface area contributed by atoms with E-state index in [2.05, 4.69) is 19.1 Å². The molecule has 0 aromatic heterocycles. The van der Waals surface area contributed by atoms with E-state index in [1.54, 1.807) is 0 Å². The number of nitrogens with zero attached hydrogens (tertiary/aromatic N) is 2.